The van der Waals surface area contributed by atoms with E-state index < -0.39 is 32.5 Å². The monoisotopic (exact) mass is 795 g/mol. The quantitative estimate of drug-likeness (QED) is 0.0272. The van der Waals surface area contributed by atoms with Gasteiger partial charge in [-0.15, -0.1) is 0 Å². The van der Waals surface area contributed by atoms with Crippen molar-refractivity contribution in [3.05, 3.63) is 48.6 Å². The molecule has 1 atom stereocenters. The van der Waals surface area contributed by atoms with Crippen LogP contribution in [-0.2, 0) is 28.2 Å². The molecule has 0 fully saturated rings. The Morgan fingerprint density at radius 2 is 0.873 bits per heavy atom. The van der Waals surface area contributed by atoms with Gasteiger partial charge in [-0.25, -0.2) is 4.57 Å². The summed E-state index contributed by atoms with van der Waals surface area (Å²) in [6, 6.07) is 0. The molecule has 0 aromatic carbocycles. The zero-order chi connectivity index (χ0) is 40.3. The van der Waals surface area contributed by atoms with Gasteiger partial charge in [-0.05, 0) is 51.4 Å². The minimum Gasteiger partial charge on any atom is -0.462 e. The van der Waals surface area contributed by atoms with Crippen LogP contribution in [0.4, 0.5) is 0 Å². The first-order valence-electron chi connectivity index (χ1n) is 22.4. The van der Waals surface area contributed by atoms with Crippen LogP contribution in [0.3, 0.4) is 0 Å². The summed E-state index contributed by atoms with van der Waals surface area (Å²) < 4.78 is 26.4. The summed E-state index contributed by atoms with van der Waals surface area (Å²) in [5.41, 5.74) is 0. The van der Waals surface area contributed by atoms with Crippen LogP contribution in [0.15, 0.2) is 48.6 Å². The molecule has 2 N–H and O–H groups in total. The first-order valence-corrected chi connectivity index (χ1v) is 24.0. The van der Waals surface area contributed by atoms with Gasteiger partial charge in [0.05, 0.1) is 6.61 Å². The Bertz CT molecular complexity index is 1030. The Labute approximate surface area is 337 Å². The van der Waals surface area contributed by atoms with Gasteiger partial charge < -0.3 is 19.3 Å². The Balaban J connectivity index is 3.87. The van der Waals surface area contributed by atoms with Crippen molar-refractivity contribution in [2.24, 2.45) is 0 Å². The minimum atomic E-state index is -4.77. The number of allylic oxidation sites excluding steroid dienone is 8. The molecule has 0 saturated carbocycles. The predicted octanol–water partition coefficient (Wildman–Crippen LogP) is 13.9. The smallest absolute Gasteiger partial charge is 0.462 e. The molecule has 320 valence electrons. The molecule has 0 bridgehead atoms. The van der Waals surface area contributed by atoms with Crippen LogP contribution in [0.1, 0.15) is 213 Å². The van der Waals surface area contributed by atoms with Gasteiger partial charge in [0.2, 0.25) is 0 Å². The molecule has 0 aliphatic carbocycles. The highest BCUT2D eigenvalue weighted by Gasteiger charge is 2.22. The van der Waals surface area contributed by atoms with Crippen LogP contribution >= 0.6 is 7.82 Å². The Morgan fingerprint density at radius 1 is 0.491 bits per heavy atom. The van der Waals surface area contributed by atoms with Gasteiger partial charge in [-0.2, -0.15) is 0 Å². The third kappa shape index (κ3) is 44.6. The molecule has 0 radical (unpaired) electrons. The van der Waals surface area contributed by atoms with Crippen molar-refractivity contribution < 1.29 is 37.9 Å². The zero-order valence-electron chi connectivity index (χ0n) is 35.3. The summed E-state index contributed by atoms with van der Waals surface area (Å²) in [5, 5.41) is 0. The molecule has 8 nitrogen and oxygen atoms in total. The lowest BCUT2D eigenvalue weighted by Crippen LogP contribution is -2.29. The zero-order valence-corrected chi connectivity index (χ0v) is 36.2. The number of hydrogen-bond donors (Lipinski definition) is 2. The molecule has 0 amide bonds. The Morgan fingerprint density at radius 3 is 1.31 bits per heavy atom. The maximum atomic E-state index is 12.4. The highest BCUT2D eigenvalue weighted by Crippen LogP contribution is 2.36. The topological polar surface area (TPSA) is 119 Å². The van der Waals surface area contributed by atoms with Gasteiger partial charge in [0.15, 0.2) is 6.10 Å². The fourth-order valence-corrected chi connectivity index (χ4v) is 6.67. The highest BCUT2D eigenvalue weighted by atomic mass is 31.2. The van der Waals surface area contributed by atoms with E-state index in [1.165, 1.54) is 122 Å². The molecule has 0 spiro atoms. The normalized spacial score (nSPS) is 12.9. The van der Waals surface area contributed by atoms with E-state index in [0.717, 1.165) is 57.8 Å². The van der Waals surface area contributed by atoms with Gasteiger partial charge >= 0.3 is 19.8 Å². The van der Waals surface area contributed by atoms with E-state index in [9.17, 15) is 14.2 Å². The number of unbranched alkanes of at least 4 members (excludes halogenated alkanes) is 23. The van der Waals surface area contributed by atoms with Crippen molar-refractivity contribution in [2.45, 2.75) is 219 Å². The second-order valence-electron chi connectivity index (χ2n) is 15.0. The molecule has 0 aromatic rings. The molecule has 0 rings (SSSR count). The van der Waals surface area contributed by atoms with E-state index >= 15 is 0 Å². The van der Waals surface area contributed by atoms with Crippen molar-refractivity contribution >= 4 is 19.8 Å². The number of phosphoric acid groups is 1. The van der Waals surface area contributed by atoms with Gasteiger partial charge in [-0.3, -0.25) is 14.1 Å². The van der Waals surface area contributed by atoms with Gasteiger partial charge in [-0.1, -0.05) is 197 Å². The van der Waals surface area contributed by atoms with Crippen LogP contribution in [0.25, 0.3) is 0 Å². The third-order valence-corrected chi connectivity index (χ3v) is 10.1. The summed E-state index contributed by atoms with van der Waals surface area (Å²) in [5.74, 6) is -0.927. The number of esters is 2. The maximum absolute atomic E-state index is 12.4. The van der Waals surface area contributed by atoms with Crippen molar-refractivity contribution in [3.8, 4) is 0 Å². The van der Waals surface area contributed by atoms with Crippen molar-refractivity contribution in [1.29, 1.82) is 0 Å². The van der Waals surface area contributed by atoms with E-state index in [0.29, 0.717) is 6.42 Å². The SMILES string of the molecule is CC/C=C/C/C=C/C/C=C/C/C=C/CCCCC(=O)O[C@H](COC(=O)CCCCCCCCCCCCCCCCCCCCCCCC)COP(=O)(O)O. The molecule has 0 aromatic heterocycles. The fourth-order valence-electron chi connectivity index (χ4n) is 6.31. The number of phosphoric ester groups is 1. The lowest BCUT2D eigenvalue weighted by Gasteiger charge is -2.18. The Hall–Kier alpha value is -1.99. The van der Waals surface area contributed by atoms with Gasteiger partial charge in [0.1, 0.15) is 6.61 Å². The average Bonchev–Trinajstić information content (AvgIpc) is 3.16. The highest BCUT2D eigenvalue weighted by molar-refractivity contribution is 7.46. The third-order valence-electron chi connectivity index (χ3n) is 9.61. The van der Waals surface area contributed by atoms with Gasteiger partial charge in [0.25, 0.3) is 0 Å². The molecule has 0 unspecified atom stereocenters. The van der Waals surface area contributed by atoms with E-state index in [1.807, 2.05) is 0 Å². The van der Waals surface area contributed by atoms with Crippen LogP contribution in [-0.4, -0.2) is 41.0 Å². The van der Waals surface area contributed by atoms with Crippen LogP contribution in [0.5, 0.6) is 0 Å². The van der Waals surface area contributed by atoms with Gasteiger partial charge in [0, 0.05) is 12.8 Å². The first-order chi connectivity index (χ1) is 26.8. The van der Waals surface area contributed by atoms with E-state index in [1.54, 1.807) is 0 Å². The largest absolute Gasteiger partial charge is 0.469 e. The maximum Gasteiger partial charge on any atom is 0.469 e. The standard InChI is InChI=1S/C46H83O8P/c1-3-5-7-9-11-13-15-17-19-20-21-22-23-24-25-27-28-30-32-34-36-38-40-45(47)52-42-44(43-53-55(49,50)51)54-46(48)41-39-37-35-33-31-29-26-18-16-14-12-10-8-6-4-2/h6,8,12,14,18,26,31,33,44H,3-5,7,9-11,13,15-17,19-25,27-30,32,34-43H2,1-2H3,(H2,49,50,51)/b8-6+,14-12+,26-18+,33-31+/t44-/m1/s1. The molecule has 0 saturated heterocycles. The minimum absolute atomic E-state index is 0.160. The molecular formula is C46H83O8P. The molecule has 0 aliphatic rings. The molecule has 0 heterocycles. The van der Waals surface area contributed by atoms with E-state index in [4.69, 9.17) is 19.3 Å². The van der Waals surface area contributed by atoms with E-state index in [-0.39, 0.29) is 19.4 Å². The van der Waals surface area contributed by atoms with Crippen molar-refractivity contribution in [2.75, 3.05) is 13.2 Å². The Kier molecular flexibility index (Phi) is 40.1. The number of hydrogen-bond acceptors (Lipinski definition) is 6. The molecule has 55 heavy (non-hydrogen) atoms. The van der Waals surface area contributed by atoms with Crippen molar-refractivity contribution in [3.63, 3.8) is 0 Å². The average molecular weight is 795 g/mol. The summed E-state index contributed by atoms with van der Waals surface area (Å²) in [6.45, 7) is 3.56. The number of carbonyl (C=O) groups excluding carboxylic acids is 2. The van der Waals surface area contributed by atoms with Crippen LogP contribution < -0.4 is 0 Å². The molecule has 0 aliphatic heterocycles. The molecular weight excluding hydrogens is 711 g/mol. The summed E-state index contributed by atoms with van der Waals surface area (Å²) in [4.78, 5) is 42.9. The lowest BCUT2D eigenvalue weighted by molar-refractivity contribution is -0.161. The summed E-state index contributed by atoms with van der Waals surface area (Å²) in [6.07, 6.45) is 51.4. The predicted molar refractivity (Wildman–Crippen MR) is 230 cm³/mol. The first kappa shape index (κ1) is 53.0. The molecule has 9 heteroatoms. The number of ether oxygens (including phenoxy) is 2. The second kappa shape index (κ2) is 41.6. The second-order valence-corrected chi connectivity index (χ2v) is 16.2. The van der Waals surface area contributed by atoms with E-state index in [2.05, 4.69) is 67.0 Å². The lowest BCUT2D eigenvalue weighted by atomic mass is 10.0. The fraction of sp³-hybridized carbons (Fsp3) is 0.783. The van der Waals surface area contributed by atoms with Crippen LogP contribution in [0, 0.1) is 0 Å². The summed E-state index contributed by atoms with van der Waals surface area (Å²) >= 11 is 0. The van der Waals surface area contributed by atoms with Crippen molar-refractivity contribution in [1.82, 2.24) is 0 Å². The summed E-state index contributed by atoms with van der Waals surface area (Å²) in [7, 11) is -4.77. The number of rotatable bonds is 41. The van der Waals surface area contributed by atoms with Crippen LogP contribution in [0.2, 0.25) is 0 Å². The number of carbonyl (C=O) groups is 2.